The van der Waals surface area contributed by atoms with Crippen LogP contribution in [0, 0.1) is 12.3 Å². The Labute approximate surface area is 235 Å². The minimum Gasteiger partial charge on any atom is -0.494 e. The van der Waals surface area contributed by atoms with E-state index in [1.807, 2.05) is 24.3 Å². The predicted molar refractivity (Wildman–Crippen MR) is 156 cm³/mol. The number of fused-ring (bicyclic) bond motifs is 3. The zero-order valence-corrected chi connectivity index (χ0v) is 22.4. The van der Waals surface area contributed by atoms with Gasteiger partial charge in [0.05, 0.1) is 18.6 Å². The molecule has 0 amide bonds. The monoisotopic (exact) mass is 538 g/mol. The van der Waals surface area contributed by atoms with Crippen LogP contribution >= 0.6 is 11.6 Å². The van der Waals surface area contributed by atoms with Crippen LogP contribution < -0.4 is 9.47 Å². The minimum absolute atomic E-state index is 0.117. The van der Waals surface area contributed by atoms with Gasteiger partial charge in [-0.2, -0.15) is 0 Å². The van der Waals surface area contributed by atoms with Crippen LogP contribution in [0.2, 0.25) is 0 Å². The van der Waals surface area contributed by atoms with Crippen LogP contribution in [-0.4, -0.2) is 43.5 Å². The third-order valence-electron chi connectivity index (χ3n) is 7.01. The zero-order chi connectivity index (χ0) is 27.1. The maximum atomic E-state index is 10.1. The third kappa shape index (κ3) is 5.40. The van der Waals surface area contributed by atoms with Gasteiger partial charge in [-0.3, -0.25) is 0 Å². The van der Waals surface area contributed by atoms with Gasteiger partial charge in [-0.25, -0.2) is 0 Å². The molecule has 1 aliphatic rings. The van der Waals surface area contributed by atoms with Crippen molar-refractivity contribution in [1.29, 1.82) is 0 Å². The molecule has 1 aliphatic carbocycles. The molecule has 4 nitrogen and oxygen atoms in total. The summed E-state index contributed by atoms with van der Waals surface area (Å²) >= 11 is 5.82. The van der Waals surface area contributed by atoms with Gasteiger partial charge in [-0.1, -0.05) is 78.7 Å². The van der Waals surface area contributed by atoms with Crippen molar-refractivity contribution in [2.24, 2.45) is 0 Å². The second-order valence-corrected chi connectivity index (χ2v) is 9.84. The number of halogens is 1. The van der Waals surface area contributed by atoms with Crippen LogP contribution in [0.1, 0.15) is 28.7 Å². The SMILES string of the molecule is C#CCOCC(O)COc1ccc(C2(c3ccc(OCCCCl)cc3)c3ccccc3-c3ccccc32)cc1. The Balaban J connectivity index is 1.52. The number of aliphatic hydroxyl groups excluding tert-OH is 1. The molecule has 0 radical (unpaired) electrons. The van der Waals surface area contributed by atoms with E-state index in [9.17, 15) is 5.11 Å². The first-order chi connectivity index (χ1) is 19.2. The van der Waals surface area contributed by atoms with E-state index in [0.29, 0.717) is 18.2 Å². The van der Waals surface area contributed by atoms with Crippen molar-refractivity contribution in [2.45, 2.75) is 17.9 Å². The van der Waals surface area contributed by atoms with Gasteiger partial charge in [-0.15, -0.1) is 18.0 Å². The van der Waals surface area contributed by atoms with Gasteiger partial charge in [0.1, 0.15) is 30.8 Å². The molecular formula is C34H31ClO4. The number of hydrogen-bond donors (Lipinski definition) is 1. The summed E-state index contributed by atoms with van der Waals surface area (Å²) in [7, 11) is 0. The largest absolute Gasteiger partial charge is 0.494 e. The Morgan fingerprint density at radius 2 is 1.28 bits per heavy atom. The van der Waals surface area contributed by atoms with Crippen molar-refractivity contribution in [3.8, 4) is 35.0 Å². The van der Waals surface area contributed by atoms with E-state index in [1.165, 1.54) is 22.3 Å². The van der Waals surface area contributed by atoms with Crippen molar-refractivity contribution in [2.75, 3.05) is 32.3 Å². The van der Waals surface area contributed by atoms with Crippen LogP contribution in [0.25, 0.3) is 11.1 Å². The van der Waals surface area contributed by atoms with Crippen molar-refractivity contribution in [1.82, 2.24) is 0 Å². The number of alkyl halides is 1. The normalized spacial score (nSPS) is 13.7. The first-order valence-corrected chi connectivity index (χ1v) is 13.6. The number of benzene rings is 4. The Bertz CT molecular complexity index is 1380. The van der Waals surface area contributed by atoms with E-state index in [1.54, 1.807) is 0 Å². The van der Waals surface area contributed by atoms with E-state index in [4.69, 9.17) is 32.2 Å². The fourth-order valence-corrected chi connectivity index (χ4v) is 5.47. The predicted octanol–water partition coefficient (Wildman–Crippen LogP) is 6.45. The molecule has 1 unspecified atom stereocenters. The quantitative estimate of drug-likeness (QED) is 0.113. The van der Waals surface area contributed by atoms with Crippen LogP contribution in [0.5, 0.6) is 11.5 Å². The molecule has 0 heterocycles. The maximum absolute atomic E-state index is 10.1. The molecular weight excluding hydrogens is 508 g/mol. The van der Waals surface area contributed by atoms with Gasteiger partial charge in [0.25, 0.3) is 0 Å². The van der Waals surface area contributed by atoms with Crippen molar-refractivity contribution < 1.29 is 19.3 Å². The first-order valence-electron chi connectivity index (χ1n) is 13.1. The van der Waals surface area contributed by atoms with E-state index in [0.717, 1.165) is 23.3 Å². The number of ether oxygens (including phenoxy) is 3. The molecule has 0 aromatic heterocycles. The van der Waals surface area contributed by atoms with E-state index in [-0.39, 0.29) is 19.8 Å². The van der Waals surface area contributed by atoms with Crippen molar-refractivity contribution in [3.63, 3.8) is 0 Å². The lowest BCUT2D eigenvalue weighted by atomic mass is 9.68. The van der Waals surface area contributed by atoms with Crippen molar-refractivity contribution in [3.05, 3.63) is 119 Å². The fraction of sp³-hybridized carbons (Fsp3) is 0.235. The molecule has 39 heavy (non-hydrogen) atoms. The molecule has 4 aromatic carbocycles. The third-order valence-corrected chi connectivity index (χ3v) is 7.28. The standard InChI is InChI=1S/C34H31ClO4/c1-2-21-37-23-27(36)24-39-29-18-14-26(15-19-29)34(25-12-16-28(17-13-25)38-22-7-20-35)32-10-5-3-8-30(32)31-9-4-6-11-33(31)34/h1,3-6,8-19,27,36H,7,20-24H2. The van der Waals surface area contributed by atoms with E-state index in [2.05, 4.69) is 78.7 Å². The minimum atomic E-state index is -0.761. The molecule has 198 valence electrons. The fourth-order valence-electron chi connectivity index (χ4n) is 5.37. The molecule has 4 aromatic rings. The Kier molecular flexibility index (Phi) is 8.54. The Morgan fingerprint density at radius 3 is 1.82 bits per heavy atom. The molecule has 0 bridgehead atoms. The summed E-state index contributed by atoms with van der Waals surface area (Å²) in [5.74, 6) is 4.47. The highest BCUT2D eigenvalue weighted by Gasteiger charge is 2.45. The van der Waals surface area contributed by atoms with Crippen molar-refractivity contribution >= 4 is 11.6 Å². The van der Waals surface area contributed by atoms with E-state index < -0.39 is 11.5 Å². The number of rotatable bonds is 12. The zero-order valence-electron chi connectivity index (χ0n) is 21.7. The van der Waals surface area contributed by atoms with Gasteiger partial charge in [0, 0.05) is 5.88 Å². The second kappa shape index (κ2) is 12.4. The highest BCUT2D eigenvalue weighted by atomic mass is 35.5. The number of hydrogen-bond acceptors (Lipinski definition) is 4. The summed E-state index contributed by atoms with van der Waals surface area (Å²) in [4.78, 5) is 0. The smallest absolute Gasteiger partial charge is 0.119 e. The lowest BCUT2D eigenvalue weighted by Gasteiger charge is -2.34. The summed E-state index contributed by atoms with van der Waals surface area (Å²) in [6, 6.07) is 33.7. The molecule has 0 saturated heterocycles. The number of terminal acetylenes is 1. The topological polar surface area (TPSA) is 47.9 Å². The molecule has 0 fully saturated rings. The van der Waals surface area contributed by atoms with Gasteiger partial charge in [0.15, 0.2) is 0 Å². The highest BCUT2D eigenvalue weighted by molar-refractivity contribution is 6.17. The van der Waals surface area contributed by atoms with Crippen LogP contribution in [-0.2, 0) is 10.2 Å². The van der Waals surface area contributed by atoms with Crippen LogP contribution in [0.4, 0.5) is 0 Å². The lowest BCUT2D eigenvalue weighted by molar-refractivity contribution is 0.0229. The van der Waals surface area contributed by atoms with Gasteiger partial charge >= 0.3 is 0 Å². The van der Waals surface area contributed by atoms with Gasteiger partial charge in [-0.05, 0) is 64.1 Å². The molecule has 0 saturated carbocycles. The van der Waals surface area contributed by atoms with Gasteiger partial charge < -0.3 is 19.3 Å². The molecule has 0 aliphatic heterocycles. The molecule has 5 heteroatoms. The summed E-state index contributed by atoms with van der Waals surface area (Å²) in [5.41, 5.74) is 6.69. The lowest BCUT2D eigenvalue weighted by Crippen LogP contribution is -2.28. The maximum Gasteiger partial charge on any atom is 0.119 e. The first kappa shape index (κ1) is 26.8. The highest BCUT2D eigenvalue weighted by Crippen LogP contribution is 2.56. The molecule has 1 N–H and O–H groups in total. The summed E-state index contributed by atoms with van der Waals surface area (Å²) in [6.45, 7) is 1.000. The van der Waals surface area contributed by atoms with E-state index >= 15 is 0 Å². The summed E-state index contributed by atoms with van der Waals surface area (Å²) in [6.07, 6.45) is 5.23. The Hall–Kier alpha value is -3.75. The van der Waals surface area contributed by atoms with Crippen LogP contribution in [0.15, 0.2) is 97.1 Å². The molecule has 5 rings (SSSR count). The van der Waals surface area contributed by atoms with Gasteiger partial charge in [0.2, 0.25) is 0 Å². The Morgan fingerprint density at radius 1 is 0.744 bits per heavy atom. The molecule has 0 spiro atoms. The average molecular weight is 539 g/mol. The summed E-state index contributed by atoms with van der Waals surface area (Å²) < 4.78 is 16.9. The second-order valence-electron chi connectivity index (χ2n) is 9.46. The summed E-state index contributed by atoms with van der Waals surface area (Å²) in [5, 5.41) is 10.1. The average Bonchev–Trinajstić information content (AvgIpc) is 3.28. The molecule has 1 atom stereocenters. The number of aliphatic hydroxyl groups is 1. The van der Waals surface area contributed by atoms with Crippen LogP contribution in [0.3, 0.4) is 0 Å².